The van der Waals surface area contributed by atoms with Crippen LogP contribution in [0, 0.1) is 5.92 Å². The van der Waals surface area contributed by atoms with Crippen LogP contribution in [0.25, 0.3) is 0 Å². The molecule has 0 unspecified atom stereocenters. The largest absolute Gasteiger partial charge is 0.350 e. The van der Waals surface area contributed by atoms with Gasteiger partial charge in [-0.3, -0.25) is 4.79 Å². The first-order chi connectivity index (χ1) is 11.9. The molecule has 1 fully saturated rings. The smallest absolute Gasteiger partial charge is 0.262 e. The number of hydrogen-bond donors (Lipinski definition) is 1. The van der Waals surface area contributed by atoms with Crippen LogP contribution in [0.3, 0.4) is 0 Å². The zero-order valence-corrected chi connectivity index (χ0v) is 15.7. The Morgan fingerprint density at radius 2 is 2.16 bits per heavy atom. The summed E-state index contributed by atoms with van der Waals surface area (Å²) in [5.74, 6) is 0.373. The molecule has 1 aliphatic heterocycles. The summed E-state index contributed by atoms with van der Waals surface area (Å²) >= 11 is 1.58. The van der Waals surface area contributed by atoms with Gasteiger partial charge < -0.3 is 9.88 Å². The van der Waals surface area contributed by atoms with Crippen molar-refractivity contribution < 1.29 is 13.2 Å². The quantitative estimate of drug-likeness (QED) is 0.824. The molecule has 0 atom stereocenters. The molecule has 0 saturated carbocycles. The van der Waals surface area contributed by atoms with Crippen LogP contribution in [-0.2, 0) is 27.9 Å². The molecule has 2 aromatic heterocycles. The summed E-state index contributed by atoms with van der Waals surface area (Å²) in [6, 6.07) is 3.88. The average Bonchev–Trinajstić information content (AvgIpc) is 3.25. The maximum atomic E-state index is 12.6. The molecule has 0 radical (unpaired) electrons. The Labute approximate surface area is 151 Å². The van der Waals surface area contributed by atoms with Crippen molar-refractivity contribution >= 4 is 27.3 Å². The second-order valence-corrected chi connectivity index (χ2v) is 9.24. The van der Waals surface area contributed by atoms with E-state index in [1.165, 1.54) is 21.4 Å². The van der Waals surface area contributed by atoms with Gasteiger partial charge >= 0.3 is 0 Å². The van der Waals surface area contributed by atoms with Crippen LogP contribution in [0.5, 0.6) is 0 Å². The van der Waals surface area contributed by atoms with Crippen molar-refractivity contribution in [3.63, 3.8) is 0 Å². The Morgan fingerprint density at radius 1 is 1.40 bits per heavy atom. The molecular weight excluding hydrogens is 360 g/mol. The number of piperidine rings is 1. The molecule has 1 amide bonds. The first-order valence-electron chi connectivity index (χ1n) is 8.26. The summed E-state index contributed by atoms with van der Waals surface area (Å²) in [6.45, 7) is 3.70. The van der Waals surface area contributed by atoms with Gasteiger partial charge in [0.25, 0.3) is 10.0 Å². The van der Waals surface area contributed by atoms with Gasteiger partial charge in [0.2, 0.25) is 5.91 Å². The number of aromatic nitrogens is 2. The van der Waals surface area contributed by atoms with E-state index < -0.39 is 10.0 Å². The number of hydrogen-bond acceptors (Lipinski definition) is 5. The highest BCUT2D eigenvalue weighted by Crippen LogP contribution is 2.22. The van der Waals surface area contributed by atoms with E-state index in [0.717, 1.165) is 17.7 Å². The minimum absolute atomic E-state index is 0.00751. The lowest BCUT2D eigenvalue weighted by Gasteiger charge is -2.28. The number of sulfonamides is 1. The molecule has 3 rings (SSSR count). The Hall–Kier alpha value is -1.71. The predicted octanol–water partition coefficient (Wildman–Crippen LogP) is 1.68. The standard InChI is InChI=1S/C16H22N4O3S2/c1-13-4-6-20(7-5-13)25(22,23)16-11-19(12-18-16)10-15(21)17-9-14-3-2-8-24-14/h2-3,8,11-13H,4-7,9-10H2,1H3,(H,17,21). The average molecular weight is 383 g/mol. The van der Waals surface area contributed by atoms with E-state index in [1.807, 2.05) is 17.5 Å². The lowest BCUT2D eigenvalue weighted by atomic mass is 10.0. The van der Waals surface area contributed by atoms with Gasteiger partial charge in [0, 0.05) is 24.2 Å². The summed E-state index contributed by atoms with van der Waals surface area (Å²) < 4.78 is 28.2. The number of rotatable bonds is 6. The van der Waals surface area contributed by atoms with E-state index in [4.69, 9.17) is 0 Å². The number of nitrogens with one attached hydrogen (secondary N) is 1. The molecule has 7 nitrogen and oxygen atoms in total. The van der Waals surface area contributed by atoms with E-state index in [2.05, 4.69) is 17.2 Å². The lowest BCUT2D eigenvalue weighted by Crippen LogP contribution is -2.38. The first kappa shape index (κ1) is 18.1. The molecule has 9 heteroatoms. The van der Waals surface area contributed by atoms with Gasteiger partial charge in [0.05, 0.1) is 12.9 Å². The van der Waals surface area contributed by atoms with Crippen molar-refractivity contribution in [3.05, 3.63) is 34.9 Å². The molecule has 0 spiro atoms. The summed E-state index contributed by atoms with van der Waals surface area (Å²) in [4.78, 5) is 17.1. The van der Waals surface area contributed by atoms with Crippen molar-refractivity contribution in [2.75, 3.05) is 13.1 Å². The summed E-state index contributed by atoms with van der Waals surface area (Å²) in [7, 11) is -3.58. The van der Waals surface area contributed by atoms with Gasteiger partial charge in [-0.25, -0.2) is 13.4 Å². The summed E-state index contributed by atoms with van der Waals surface area (Å²) in [5, 5.41) is 4.77. The van der Waals surface area contributed by atoms with Crippen LogP contribution in [-0.4, -0.2) is 41.3 Å². The van der Waals surface area contributed by atoms with Crippen molar-refractivity contribution in [1.29, 1.82) is 0 Å². The van der Waals surface area contributed by atoms with Gasteiger partial charge in [0.1, 0.15) is 6.54 Å². The fourth-order valence-corrected chi connectivity index (χ4v) is 4.79. The highest BCUT2D eigenvalue weighted by atomic mass is 32.2. The number of amides is 1. The minimum Gasteiger partial charge on any atom is -0.350 e. The lowest BCUT2D eigenvalue weighted by molar-refractivity contribution is -0.121. The van der Waals surface area contributed by atoms with Gasteiger partial charge in [0.15, 0.2) is 5.03 Å². The molecular formula is C16H22N4O3S2. The molecule has 1 aliphatic rings. The first-order valence-corrected chi connectivity index (χ1v) is 10.6. The predicted molar refractivity (Wildman–Crippen MR) is 95.5 cm³/mol. The van der Waals surface area contributed by atoms with Gasteiger partial charge in [-0.2, -0.15) is 4.31 Å². The Kier molecular flexibility index (Phi) is 5.55. The van der Waals surface area contributed by atoms with Crippen molar-refractivity contribution in [1.82, 2.24) is 19.2 Å². The van der Waals surface area contributed by atoms with Crippen LogP contribution in [0.1, 0.15) is 24.6 Å². The molecule has 3 heterocycles. The van der Waals surface area contributed by atoms with E-state index in [9.17, 15) is 13.2 Å². The highest BCUT2D eigenvalue weighted by molar-refractivity contribution is 7.89. The van der Waals surface area contributed by atoms with E-state index in [0.29, 0.717) is 25.6 Å². The molecule has 0 aromatic carbocycles. The van der Waals surface area contributed by atoms with Crippen LogP contribution in [0.4, 0.5) is 0 Å². The fraction of sp³-hybridized carbons (Fsp3) is 0.500. The van der Waals surface area contributed by atoms with Crippen LogP contribution in [0.15, 0.2) is 35.1 Å². The Bertz CT molecular complexity index is 806. The normalized spacial score (nSPS) is 16.8. The Morgan fingerprint density at radius 3 is 2.84 bits per heavy atom. The van der Waals surface area contributed by atoms with Gasteiger partial charge in [-0.05, 0) is 30.2 Å². The third-order valence-electron chi connectivity index (χ3n) is 4.32. The second-order valence-electron chi connectivity index (χ2n) is 6.33. The maximum Gasteiger partial charge on any atom is 0.262 e. The number of carbonyl (C=O) groups is 1. The van der Waals surface area contributed by atoms with Crippen LogP contribution >= 0.6 is 11.3 Å². The maximum absolute atomic E-state index is 12.6. The van der Waals surface area contributed by atoms with Crippen molar-refractivity contribution in [2.45, 2.75) is 37.9 Å². The SMILES string of the molecule is CC1CCN(S(=O)(=O)c2cn(CC(=O)NCc3cccs3)cn2)CC1. The molecule has 2 aromatic rings. The number of carbonyl (C=O) groups excluding carboxylic acids is 1. The summed E-state index contributed by atoms with van der Waals surface area (Å²) in [5.41, 5.74) is 0. The van der Waals surface area contributed by atoms with Crippen LogP contribution in [0.2, 0.25) is 0 Å². The highest BCUT2D eigenvalue weighted by Gasteiger charge is 2.29. The molecule has 0 bridgehead atoms. The zero-order chi connectivity index (χ0) is 17.9. The number of imidazole rings is 1. The molecule has 136 valence electrons. The number of nitrogens with zero attached hydrogens (tertiary/aromatic N) is 3. The number of thiophene rings is 1. The zero-order valence-electron chi connectivity index (χ0n) is 14.1. The molecule has 25 heavy (non-hydrogen) atoms. The van der Waals surface area contributed by atoms with Crippen molar-refractivity contribution in [3.8, 4) is 0 Å². The van der Waals surface area contributed by atoms with Gasteiger partial charge in [-0.15, -0.1) is 11.3 Å². The second kappa shape index (κ2) is 7.67. The van der Waals surface area contributed by atoms with Crippen molar-refractivity contribution in [2.24, 2.45) is 5.92 Å². The monoisotopic (exact) mass is 382 g/mol. The Balaban J connectivity index is 1.58. The fourth-order valence-electron chi connectivity index (χ4n) is 2.74. The molecule has 1 saturated heterocycles. The van der Waals surface area contributed by atoms with E-state index in [-0.39, 0.29) is 17.5 Å². The van der Waals surface area contributed by atoms with E-state index in [1.54, 1.807) is 11.3 Å². The van der Waals surface area contributed by atoms with Gasteiger partial charge in [-0.1, -0.05) is 13.0 Å². The van der Waals surface area contributed by atoms with E-state index >= 15 is 0 Å². The minimum atomic E-state index is -3.58. The molecule has 0 aliphatic carbocycles. The summed E-state index contributed by atoms with van der Waals surface area (Å²) in [6.07, 6.45) is 4.55. The van der Waals surface area contributed by atoms with Crippen LogP contribution < -0.4 is 5.32 Å². The third kappa shape index (κ3) is 4.47. The molecule has 1 N–H and O–H groups in total. The topological polar surface area (TPSA) is 84.3 Å². The third-order valence-corrected chi connectivity index (χ3v) is 6.98.